The predicted molar refractivity (Wildman–Crippen MR) is 137 cm³/mol. The molecule has 4 aromatic rings. The zero-order valence-electron chi connectivity index (χ0n) is 20.5. The highest BCUT2D eigenvalue weighted by atomic mass is 16.5. The lowest BCUT2D eigenvalue weighted by molar-refractivity contribution is 0.0730. The fraction of sp³-hybridized carbons (Fsp3) is 0.267. The van der Waals surface area contributed by atoms with E-state index in [0.717, 1.165) is 16.9 Å². The van der Waals surface area contributed by atoms with Crippen molar-refractivity contribution in [3.05, 3.63) is 111 Å². The van der Waals surface area contributed by atoms with Crippen molar-refractivity contribution in [1.82, 2.24) is 4.90 Å². The van der Waals surface area contributed by atoms with Crippen LogP contribution < -0.4 is 10.2 Å². The van der Waals surface area contributed by atoms with Crippen molar-refractivity contribution in [3.63, 3.8) is 0 Å². The van der Waals surface area contributed by atoms with Gasteiger partial charge < -0.3 is 14.1 Å². The second-order valence-electron chi connectivity index (χ2n) is 10.0. The average molecular weight is 468 g/mol. The Hall–Kier alpha value is -3.86. The summed E-state index contributed by atoms with van der Waals surface area (Å²) >= 11 is 0. The Kier molecular flexibility index (Phi) is 5.72. The van der Waals surface area contributed by atoms with Crippen LogP contribution in [0, 0.1) is 0 Å². The molecule has 5 rings (SSSR count). The number of carbonyl (C=O) groups excluding carboxylic acids is 1. The van der Waals surface area contributed by atoms with Crippen LogP contribution >= 0.6 is 0 Å². The summed E-state index contributed by atoms with van der Waals surface area (Å²) in [4.78, 5) is 29.0. The molecular weight excluding hydrogens is 438 g/mol. The lowest BCUT2D eigenvalue weighted by Crippen LogP contribution is -2.31. The highest BCUT2D eigenvalue weighted by Crippen LogP contribution is 2.39. The summed E-state index contributed by atoms with van der Waals surface area (Å²) in [5.74, 6) is 0.686. The van der Waals surface area contributed by atoms with Gasteiger partial charge in [0.05, 0.1) is 24.1 Å². The highest BCUT2D eigenvalue weighted by molar-refractivity contribution is 5.99. The van der Waals surface area contributed by atoms with Gasteiger partial charge in [0, 0.05) is 6.54 Å². The Balaban J connectivity index is 1.58. The van der Waals surface area contributed by atoms with Crippen LogP contribution in [0.4, 0.5) is 0 Å². The third-order valence-electron chi connectivity index (χ3n) is 6.77. The Morgan fingerprint density at radius 2 is 1.60 bits per heavy atom. The van der Waals surface area contributed by atoms with Crippen LogP contribution in [-0.2, 0) is 11.8 Å². The maximum atomic E-state index is 13.6. The van der Waals surface area contributed by atoms with Gasteiger partial charge in [0.15, 0.2) is 5.43 Å². The van der Waals surface area contributed by atoms with Crippen LogP contribution in [0.25, 0.3) is 11.0 Å². The Labute approximate surface area is 205 Å². The van der Waals surface area contributed by atoms with E-state index < -0.39 is 6.04 Å². The van der Waals surface area contributed by atoms with E-state index >= 15 is 0 Å². The number of hydrogen-bond donors (Lipinski definition) is 0. The molecule has 0 spiro atoms. The van der Waals surface area contributed by atoms with Crippen molar-refractivity contribution in [1.29, 1.82) is 0 Å². The summed E-state index contributed by atoms with van der Waals surface area (Å²) in [7, 11) is 1.64. The number of rotatable bonds is 5. The van der Waals surface area contributed by atoms with E-state index in [-0.39, 0.29) is 22.5 Å². The molecule has 0 fully saturated rings. The normalized spacial score (nSPS) is 15.5. The molecule has 2 heterocycles. The van der Waals surface area contributed by atoms with E-state index in [9.17, 15) is 9.59 Å². The van der Waals surface area contributed by atoms with Crippen molar-refractivity contribution in [2.45, 2.75) is 38.6 Å². The zero-order chi connectivity index (χ0) is 24.7. The van der Waals surface area contributed by atoms with Crippen LogP contribution in [0.1, 0.15) is 59.6 Å². The maximum absolute atomic E-state index is 13.6. The Bertz CT molecular complexity index is 1440. The van der Waals surface area contributed by atoms with Gasteiger partial charge in [-0.05, 0) is 52.8 Å². The first kappa shape index (κ1) is 22.9. The van der Waals surface area contributed by atoms with Crippen molar-refractivity contribution < 1.29 is 13.9 Å². The van der Waals surface area contributed by atoms with E-state index in [1.165, 1.54) is 5.56 Å². The average Bonchev–Trinajstić information content (AvgIpc) is 3.14. The molecule has 1 aliphatic rings. The standard InChI is InChI=1S/C30H29NO4/c1-30(2,3)21-13-11-20(12-14-21)26-25-27(32)23-7-5-6-8-24(23)35-28(25)29(33)31(26)18-17-19-9-15-22(34-4)16-10-19/h5-16,26H,17-18H2,1-4H3/t26-/m1/s1. The van der Waals surface area contributed by atoms with Gasteiger partial charge in [0.2, 0.25) is 5.76 Å². The number of hydrogen-bond acceptors (Lipinski definition) is 4. The molecule has 5 nitrogen and oxygen atoms in total. The van der Waals surface area contributed by atoms with E-state index in [1.54, 1.807) is 30.2 Å². The minimum Gasteiger partial charge on any atom is -0.497 e. The molecule has 1 amide bonds. The topological polar surface area (TPSA) is 59.8 Å². The molecule has 0 saturated heterocycles. The van der Waals surface area contributed by atoms with Gasteiger partial charge in [-0.1, -0.05) is 69.3 Å². The Morgan fingerprint density at radius 3 is 2.26 bits per heavy atom. The number of para-hydroxylation sites is 1. The molecule has 0 N–H and O–H groups in total. The largest absolute Gasteiger partial charge is 0.497 e. The molecule has 0 unspecified atom stereocenters. The van der Waals surface area contributed by atoms with Gasteiger partial charge in [-0.25, -0.2) is 0 Å². The summed E-state index contributed by atoms with van der Waals surface area (Å²) in [6, 6.07) is 22.7. The molecule has 0 aliphatic carbocycles. The minimum atomic E-state index is -0.495. The number of amides is 1. The fourth-order valence-electron chi connectivity index (χ4n) is 4.75. The number of methoxy groups -OCH3 is 1. The first-order valence-electron chi connectivity index (χ1n) is 11.9. The maximum Gasteiger partial charge on any atom is 0.290 e. The van der Waals surface area contributed by atoms with E-state index in [2.05, 4.69) is 32.9 Å². The third-order valence-corrected chi connectivity index (χ3v) is 6.77. The highest BCUT2D eigenvalue weighted by Gasteiger charge is 2.42. The van der Waals surface area contributed by atoms with Crippen LogP contribution in [0.2, 0.25) is 0 Å². The van der Waals surface area contributed by atoms with Crippen LogP contribution in [0.15, 0.2) is 82.0 Å². The lowest BCUT2D eigenvalue weighted by Gasteiger charge is -2.26. The molecule has 0 saturated carbocycles. The SMILES string of the molecule is COc1ccc(CCN2C(=O)c3oc4ccccc4c(=O)c3[C@H]2c2ccc(C(C)(C)C)cc2)cc1. The van der Waals surface area contributed by atoms with Gasteiger partial charge in [-0.15, -0.1) is 0 Å². The number of carbonyl (C=O) groups is 1. The second kappa shape index (κ2) is 8.73. The van der Waals surface area contributed by atoms with E-state index in [4.69, 9.17) is 9.15 Å². The van der Waals surface area contributed by atoms with Gasteiger partial charge in [0.1, 0.15) is 11.3 Å². The monoisotopic (exact) mass is 467 g/mol. The van der Waals surface area contributed by atoms with Gasteiger partial charge in [-0.3, -0.25) is 9.59 Å². The van der Waals surface area contributed by atoms with Crippen molar-refractivity contribution in [2.75, 3.05) is 13.7 Å². The second-order valence-corrected chi connectivity index (χ2v) is 10.0. The minimum absolute atomic E-state index is 0.00517. The molecule has 1 atom stereocenters. The molecule has 1 aliphatic heterocycles. The molecule has 5 heteroatoms. The number of nitrogens with zero attached hydrogens (tertiary/aromatic N) is 1. The third kappa shape index (κ3) is 4.12. The first-order valence-corrected chi connectivity index (χ1v) is 11.9. The number of benzene rings is 3. The summed E-state index contributed by atoms with van der Waals surface area (Å²) in [6.45, 7) is 6.95. The molecular formula is C30H29NO4. The predicted octanol–water partition coefficient (Wildman–Crippen LogP) is 5.89. The lowest BCUT2D eigenvalue weighted by atomic mass is 9.86. The van der Waals surface area contributed by atoms with Crippen molar-refractivity contribution in [3.8, 4) is 5.75 Å². The summed E-state index contributed by atoms with van der Waals surface area (Å²) < 4.78 is 11.3. The molecule has 1 aromatic heterocycles. The van der Waals surface area contributed by atoms with E-state index in [0.29, 0.717) is 29.5 Å². The van der Waals surface area contributed by atoms with Crippen molar-refractivity contribution >= 4 is 16.9 Å². The zero-order valence-corrected chi connectivity index (χ0v) is 20.5. The summed E-state index contributed by atoms with van der Waals surface area (Å²) in [5.41, 5.74) is 3.90. The van der Waals surface area contributed by atoms with Gasteiger partial charge in [-0.2, -0.15) is 0 Å². The Morgan fingerprint density at radius 1 is 0.914 bits per heavy atom. The van der Waals surface area contributed by atoms with Gasteiger partial charge >= 0.3 is 0 Å². The number of ether oxygens (including phenoxy) is 1. The van der Waals surface area contributed by atoms with E-state index in [1.807, 2.05) is 42.5 Å². The smallest absolute Gasteiger partial charge is 0.290 e. The van der Waals surface area contributed by atoms with Gasteiger partial charge in [0.25, 0.3) is 5.91 Å². The van der Waals surface area contributed by atoms with Crippen LogP contribution in [0.5, 0.6) is 5.75 Å². The molecule has 0 bridgehead atoms. The quantitative estimate of drug-likeness (QED) is 0.367. The van der Waals surface area contributed by atoms with Crippen LogP contribution in [-0.4, -0.2) is 24.5 Å². The van der Waals surface area contributed by atoms with Crippen molar-refractivity contribution in [2.24, 2.45) is 0 Å². The first-order chi connectivity index (χ1) is 16.8. The molecule has 3 aromatic carbocycles. The molecule has 0 radical (unpaired) electrons. The summed E-state index contributed by atoms with van der Waals surface area (Å²) in [6.07, 6.45) is 0.647. The molecule has 178 valence electrons. The fourth-order valence-corrected chi connectivity index (χ4v) is 4.75. The summed E-state index contributed by atoms with van der Waals surface area (Å²) in [5, 5.41) is 0.493. The van der Waals surface area contributed by atoms with Crippen LogP contribution in [0.3, 0.4) is 0 Å². The number of fused-ring (bicyclic) bond motifs is 2. The molecule has 35 heavy (non-hydrogen) atoms.